The van der Waals surface area contributed by atoms with Crippen molar-refractivity contribution in [3.05, 3.63) is 0 Å². The minimum absolute atomic E-state index is 0.106. The van der Waals surface area contributed by atoms with Crippen LogP contribution in [0.15, 0.2) is 0 Å². The molecule has 0 bridgehead atoms. The van der Waals surface area contributed by atoms with Gasteiger partial charge in [-0.1, -0.05) is 13.8 Å². The third kappa shape index (κ3) is 6.68. The SMILES string of the molecule is COC(=O)CC1CC(NCCC(C)C)CN(CCN)C1. The molecule has 1 rings (SSSR count). The smallest absolute Gasteiger partial charge is 0.305 e. The quantitative estimate of drug-likeness (QED) is 0.647. The van der Waals surface area contributed by atoms with Gasteiger partial charge >= 0.3 is 5.97 Å². The summed E-state index contributed by atoms with van der Waals surface area (Å²) in [6.45, 7) is 9.09. The molecule has 2 atom stereocenters. The van der Waals surface area contributed by atoms with Gasteiger partial charge in [-0.25, -0.2) is 0 Å². The van der Waals surface area contributed by atoms with Gasteiger partial charge in [0, 0.05) is 38.6 Å². The maximum Gasteiger partial charge on any atom is 0.305 e. The lowest BCUT2D eigenvalue weighted by molar-refractivity contribution is -0.142. The summed E-state index contributed by atoms with van der Waals surface area (Å²) in [6.07, 6.45) is 2.75. The number of ether oxygens (including phenoxy) is 1. The fourth-order valence-electron chi connectivity index (χ4n) is 2.86. The summed E-state index contributed by atoms with van der Waals surface area (Å²) in [5.74, 6) is 0.988. The molecule has 3 N–H and O–H groups in total. The van der Waals surface area contributed by atoms with E-state index in [0.29, 0.717) is 24.9 Å². The summed E-state index contributed by atoms with van der Waals surface area (Å²) in [5.41, 5.74) is 5.66. The van der Waals surface area contributed by atoms with Crippen molar-refractivity contribution in [2.24, 2.45) is 17.6 Å². The average molecular weight is 285 g/mol. The molecule has 2 unspecified atom stereocenters. The predicted octanol–water partition coefficient (Wildman–Crippen LogP) is 0.834. The number of nitrogens with zero attached hydrogens (tertiary/aromatic N) is 1. The van der Waals surface area contributed by atoms with Crippen molar-refractivity contribution in [1.29, 1.82) is 0 Å². The van der Waals surface area contributed by atoms with Crippen molar-refractivity contribution in [1.82, 2.24) is 10.2 Å². The molecule has 0 radical (unpaired) electrons. The maximum atomic E-state index is 11.5. The van der Waals surface area contributed by atoms with Crippen molar-refractivity contribution < 1.29 is 9.53 Å². The molecule has 5 heteroatoms. The highest BCUT2D eigenvalue weighted by Gasteiger charge is 2.28. The van der Waals surface area contributed by atoms with Crippen molar-refractivity contribution in [3.8, 4) is 0 Å². The molecule has 20 heavy (non-hydrogen) atoms. The molecule has 1 heterocycles. The number of hydrogen-bond donors (Lipinski definition) is 2. The highest BCUT2D eigenvalue weighted by atomic mass is 16.5. The Hall–Kier alpha value is -0.650. The van der Waals surface area contributed by atoms with Gasteiger partial charge in [-0.3, -0.25) is 4.79 Å². The molecule has 0 aromatic carbocycles. The van der Waals surface area contributed by atoms with Crippen molar-refractivity contribution in [2.75, 3.05) is 39.8 Å². The Bertz CT molecular complexity index is 284. The summed E-state index contributed by atoms with van der Waals surface area (Å²) < 4.78 is 4.79. The van der Waals surface area contributed by atoms with E-state index < -0.39 is 0 Å². The van der Waals surface area contributed by atoms with Crippen LogP contribution in [0, 0.1) is 11.8 Å². The van der Waals surface area contributed by atoms with E-state index in [1.807, 2.05) is 0 Å². The first-order chi connectivity index (χ1) is 9.55. The normalized spacial score (nSPS) is 24.1. The lowest BCUT2D eigenvalue weighted by Crippen LogP contribution is -2.51. The minimum atomic E-state index is -0.106. The lowest BCUT2D eigenvalue weighted by Gasteiger charge is -2.38. The summed E-state index contributed by atoms with van der Waals surface area (Å²) in [5, 5.41) is 3.63. The van der Waals surface area contributed by atoms with Gasteiger partial charge in [0.25, 0.3) is 0 Å². The minimum Gasteiger partial charge on any atom is -0.469 e. The van der Waals surface area contributed by atoms with E-state index in [2.05, 4.69) is 24.1 Å². The number of carbonyl (C=O) groups is 1. The highest BCUT2D eigenvalue weighted by Crippen LogP contribution is 2.20. The number of methoxy groups -OCH3 is 1. The van der Waals surface area contributed by atoms with Crippen LogP contribution in [0.3, 0.4) is 0 Å². The first-order valence-electron chi connectivity index (χ1n) is 7.77. The highest BCUT2D eigenvalue weighted by molar-refractivity contribution is 5.69. The van der Waals surface area contributed by atoms with Crippen LogP contribution in [0.2, 0.25) is 0 Å². The molecule has 5 nitrogen and oxygen atoms in total. The number of carbonyl (C=O) groups excluding carboxylic acids is 1. The summed E-state index contributed by atoms with van der Waals surface area (Å²) in [7, 11) is 1.46. The molecule has 1 saturated heterocycles. The summed E-state index contributed by atoms with van der Waals surface area (Å²) in [6, 6.07) is 0.462. The van der Waals surface area contributed by atoms with E-state index in [1.54, 1.807) is 0 Å². The van der Waals surface area contributed by atoms with Crippen LogP contribution in [0.25, 0.3) is 0 Å². The Balaban J connectivity index is 2.45. The second-order valence-corrected chi connectivity index (χ2v) is 6.26. The van der Waals surface area contributed by atoms with Gasteiger partial charge in [0.15, 0.2) is 0 Å². The molecule has 0 spiro atoms. The fourth-order valence-corrected chi connectivity index (χ4v) is 2.86. The monoisotopic (exact) mass is 285 g/mol. The standard InChI is InChI=1S/C15H31N3O2/c1-12(2)4-6-17-14-8-13(9-15(19)20-3)10-18(11-14)7-5-16/h12-14,17H,4-11,16H2,1-3H3. The topological polar surface area (TPSA) is 67.6 Å². The number of piperidine rings is 1. The van der Waals surface area contributed by atoms with Gasteiger partial charge in [0.05, 0.1) is 7.11 Å². The number of rotatable bonds is 8. The molecule has 1 aliphatic heterocycles. The van der Waals surface area contributed by atoms with Crippen LogP contribution in [0.4, 0.5) is 0 Å². The van der Waals surface area contributed by atoms with Crippen LogP contribution in [-0.4, -0.2) is 56.7 Å². The molecular weight excluding hydrogens is 254 g/mol. The van der Waals surface area contributed by atoms with Gasteiger partial charge in [0.1, 0.15) is 0 Å². The Morgan fingerprint density at radius 3 is 2.80 bits per heavy atom. The lowest BCUT2D eigenvalue weighted by atomic mass is 9.91. The van der Waals surface area contributed by atoms with E-state index in [9.17, 15) is 4.79 Å². The number of esters is 1. The van der Waals surface area contributed by atoms with Crippen LogP contribution in [0.5, 0.6) is 0 Å². The Kier molecular flexibility index (Phi) is 8.11. The Labute approximate surface area is 123 Å². The van der Waals surface area contributed by atoms with E-state index in [4.69, 9.17) is 10.5 Å². The van der Waals surface area contributed by atoms with Gasteiger partial charge in [-0.2, -0.15) is 0 Å². The number of nitrogens with two attached hydrogens (primary N) is 1. The van der Waals surface area contributed by atoms with E-state index in [0.717, 1.165) is 38.5 Å². The zero-order valence-corrected chi connectivity index (χ0v) is 13.2. The maximum absolute atomic E-state index is 11.5. The number of likely N-dealkylation sites (tertiary alicyclic amines) is 1. The summed E-state index contributed by atoms with van der Waals surface area (Å²) in [4.78, 5) is 13.8. The molecular formula is C15H31N3O2. The van der Waals surface area contributed by atoms with Crippen LogP contribution < -0.4 is 11.1 Å². The van der Waals surface area contributed by atoms with Crippen molar-refractivity contribution in [3.63, 3.8) is 0 Å². The number of nitrogens with one attached hydrogen (secondary N) is 1. The van der Waals surface area contributed by atoms with E-state index in [-0.39, 0.29) is 5.97 Å². The molecule has 0 aliphatic carbocycles. The largest absolute Gasteiger partial charge is 0.469 e. The Morgan fingerprint density at radius 2 is 2.20 bits per heavy atom. The van der Waals surface area contributed by atoms with Gasteiger partial charge in [-0.05, 0) is 31.2 Å². The molecule has 0 saturated carbocycles. The third-order valence-corrected chi connectivity index (χ3v) is 3.90. The molecule has 0 amide bonds. The second-order valence-electron chi connectivity index (χ2n) is 6.26. The van der Waals surface area contributed by atoms with Gasteiger partial charge < -0.3 is 20.7 Å². The summed E-state index contributed by atoms with van der Waals surface area (Å²) >= 11 is 0. The zero-order valence-electron chi connectivity index (χ0n) is 13.2. The predicted molar refractivity (Wildman–Crippen MR) is 81.5 cm³/mol. The van der Waals surface area contributed by atoms with E-state index >= 15 is 0 Å². The van der Waals surface area contributed by atoms with Crippen LogP contribution in [-0.2, 0) is 9.53 Å². The zero-order chi connectivity index (χ0) is 15.0. The molecule has 1 aliphatic rings. The van der Waals surface area contributed by atoms with E-state index in [1.165, 1.54) is 13.5 Å². The first-order valence-corrected chi connectivity index (χ1v) is 7.77. The van der Waals surface area contributed by atoms with Crippen molar-refractivity contribution >= 4 is 5.97 Å². The van der Waals surface area contributed by atoms with Crippen LogP contribution >= 0.6 is 0 Å². The van der Waals surface area contributed by atoms with Gasteiger partial charge in [-0.15, -0.1) is 0 Å². The second kappa shape index (κ2) is 9.32. The number of hydrogen-bond acceptors (Lipinski definition) is 5. The van der Waals surface area contributed by atoms with Gasteiger partial charge in [0.2, 0.25) is 0 Å². The molecule has 1 fully saturated rings. The average Bonchev–Trinajstić information content (AvgIpc) is 2.38. The van der Waals surface area contributed by atoms with Crippen molar-refractivity contribution in [2.45, 2.75) is 39.2 Å². The molecule has 0 aromatic rings. The Morgan fingerprint density at radius 1 is 1.45 bits per heavy atom. The first kappa shape index (κ1) is 17.4. The fraction of sp³-hybridized carbons (Fsp3) is 0.933. The van der Waals surface area contributed by atoms with Crippen LogP contribution in [0.1, 0.15) is 33.1 Å². The molecule has 0 aromatic heterocycles. The third-order valence-electron chi connectivity index (χ3n) is 3.90. The molecule has 118 valence electrons.